The van der Waals surface area contributed by atoms with Crippen LogP contribution in [0.5, 0.6) is 0 Å². The van der Waals surface area contributed by atoms with Gasteiger partial charge in [0.1, 0.15) is 5.82 Å². The maximum atomic E-state index is 13.1. The molecule has 0 radical (unpaired) electrons. The number of rotatable bonds is 5. The van der Waals surface area contributed by atoms with Crippen LogP contribution in [0.4, 0.5) is 4.39 Å². The second-order valence-electron chi connectivity index (χ2n) is 4.45. The smallest absolute Gasteiger partial charge is 0.123 e. The fourth-order valence-corrected chi connectivity index (χ4v) is 2.18. The van der Waals surface area contributed by atoms with E-state index in [9.17, 15) is 4.39 Å². The van der Waals surface area contributed by atoms with E-state index in [-0.39, 0.29) is 5.82 Å². The Labute approximate surface area is 106 Å². The first-order valence-corrected chi connectivity index (χ1v) is 6.42. The van der Waals surface area contributed by atoms with E-state index < -0.39 is 0 Å². The fourth-order valence-electron chi connectivity index (χ4n) is 1.77. The average Bonchev–Trinajstić information content (AvgIpc) is 2.23. The summed E-state index contributed by atoms with van der Waals surface area (Å²) < 4.78 is 14.1. The van der Waals surface area contributed by atoms with Crippen molar-refractivity contribution >= 4 is 15.9 Å². The first kappa shape index (κ1) is 13.7. The highest BCUT2D eigenvalue weighted by molar-refractivity contribution is 9.10. The molecule has 3 heteroatoms. The molecule has 2 atom stereocenters. The van der Waals surface area contributed by atoms with Gasteiger partial charge in [0.05, 0.1) is 0 Å². The van der Waals surface area contributed by atoms with Crippen LogP contribution in [0.25, 0.3) is 0 Å². The maximum absolute atomic E-state index is 13.1. The van der Waals surface area contributed by atoms with Crippen LogP contribution in [0.1, 0.15) is 19.4 Å². The van der Waals surface area contributed by atoms with Crippen LogP contribution in [0, 0.1) is 17.7 Å². The van der Waals surface area contributed by atoms with Crippen LogP contribution in [0.15, 0.2) is 22.7 Å². The molecule has 0 fully saturated rings. The Bertz CT molecular complexity index is 341. The molecular formula is C13H19BrFN. The van der Waals surface area contributed by atoms with E-state index in [1.54, 1.807) is 12.1 Å². The zero-order valence-electron chi connectivity index (χ0n) is 10.1. The Hall–Kier alpha value is -0.410. The molecule has 0 saturated carbocycles. The maximum Gasteiger partial charge on any atom is 0.123 e. The van der Waals surface area contributed by atoms with Crippen molar-refractivity contribution in [1.82, 2.24) is 5.32 Å². The molecular weight excluding hydrogens is 269 g/mol. The second-order valence-corrected chi connectivity index (χ2v) is 5.31. The van der Waals surface area contributed by atoms with Crippen molar-refractivity contribution in [2.45, 2.75) is 20.3 Å². The summed E-state index contributed by atoms with van der Waals surface area (Å²) in [4.78, 5) is 0. The van der Waals surface area contributed by atoms with Gasteiger partial charge in [0.25, 0.3) is 0 Å². The van der Waals surface area contributed by atoms with E-state index in [4.69, 9.17) is 0 Å². The lowest BCUT2D eigenvalue weighted by Gasteiger charge is -2.20. The van der Waals surface area contributed by atoms with Crippen LogP contribution >= 0.6 is 15.9 Å². The normalized spacial score (nSPS) is 14.8. The predicted molar refractivity (Wildman–Crippen MR) is 70.1 cm³/mol. The number of hydrogen-bond acceptors (Lipinski definition) is 1. The molecule has 0 saturated heterocycles. The molecule has 16 heavy (non-hydrogen) atoms. The molecule has 2 unspecified atom stereocenters. The summed E-state index contributed by atoms with van der Waals surface area (Å²) in [5.41, 5.74) is 1.05. The van der Waals surface area contributed by atoms with E-state index in [1.807, 2.05) is 7.05 Å². The van der Waals surface area contributed by atoms with Gasteiger partial charge in [-0.25, -0.2) is 4.39 Å². The zero-order valence-corrected chi connectivity index (χ0v) is 11.6. The molecule has 0 bridgehead atoms. The van der Waals surface area contributed by atoms with Crippen molar-refractivity contribution in [2.75, 3.05) is 13.6 Å². The summed E-state index contributed by atoms with van der Waals surface area (Å²) in [6.45, 7) is 5.42. The number of hydrogen-bond donors (Lipinski definition) is 1. The fraction of sp³-hybridized carbons (Fsp3) is 0.538. The van der Waals surface area contributed by atoms with Crippen molar-refractivity contribution in [3.63, 3.8) is 0 Å². The van der Waals surface area contributed by atoms with Crippen LogP contribution < -0.4 is 5.32 Å². The molecule has 1 aromatic carbocycles. The largest absolute Gasteiger partial charge is 0.319 e. The van der Waals surface area contributed by atoms with Gasteiger partial charge in [-0.3, -0.25) is 0 Å². The minimum absolute atomic E-state index is 0.160. The van der Waals surface area contributed by atoms with Crippen LogP contribution in [-0.2, 0) is 6.42 Å². The van der Waals surface area contributed by atoms with Gasteiger partial charge in [-0.05, 0) is 55.6 Å². The summed E-state index contributed by atoms with van der Waals surface area (Å²) in [6.07, 6.45) is 0.904. The molecule has 1 aromatic rings. The standard InChI is InChI=1S/C13H19BrFN/c1-9(10(2)8-16-3)6-11-7-12(15)4-5-13(11)14/h4-5,7,9-10,16H,6,8H2,1-3H3. The van der Waals surface area contributed by atoms with Gasteiger partial charge in [-0.2, -0.15) is 0 Å². The van der Waals surface area contributed by atoms with Crippen LogP contribution in [-0.4, -0.2) is 13.6 Å². The van der Waals surface area contributed by atoms with Crippen molar-refractivity contribution < 1.29 is 4.39 Å². The second kappa shape index (κ2) is 6.36. The zero-order chi connectivity index (χ0) is 12.1. The molecule has 1 nitrogen and oxygen atoms in total. The van der Waals surface area contributed by atoms with Crippen LogP contribution in [0.3, 0.4) is 0 Å². The highest BCUT2D eigenvalue weighted by Gasteiger charge is 2.13. The molecule has 0 heterocycles. The van der Waals surface area contributed by atoms with Gasteiger partial charge < -0.3 is 5.32 Å². The first-order valence-electron chi connectivity index (χ1n) is 5.63. The lowest BCUT2D eigenvalue weighted by Crippen LogP contribution is -2.23. The van der Waals surface area contributed by atoms with Crippen LogP contribution in [0.2, 0.25) is 0 Å². The Kier molecular flexibility index (Phi) is 5.42. The number of nitrogens with one attached hydrogen (secondary N) is 1. The molecule has 0 aromatic heterocycles. The van der Waals surface area contributed by atoms with Crippen molar-refractivity contribution in [3.8, 4) is 0 Å². The lowest BCUT2D eigenvalue weighted by molar-refractivity contribution is 0.374. The van der Waals surface area contributed by atoms with Crippen molar-refractivity contribution in [3.05, 3.63) is 34.1 Å². The molecule has 0 spiro atoms. The molecule has 1 N–H and O–H groups in total. The Balaban J connectivity index is 2.68. The molecule has 0 aliphatic rings. The Morgan fingerprint density at radius 1 is 1.31 bits per heavy atom. The average molecular weight is 288 g/mol. The van der Waals surface area contributed by atoms with Gasteiger partial charge in [-0.15, -0.1) is 0 Å². The summed E-state index contributed by atoms with van der Waals surface area (Å²) in [7, 11) is 1.96. The molecule has 1 rings (SSSR count). The minimum Gasteiger partial charge on any atom is -0.319 e. The first-order chi connectivity index (χ1) is 7.54. The highest BCUT2D eigenvalue weighted by atomic mass is 79.9. The summed E-state index contributed by atoms with van der Waals surface area (Å²) in [5.74, 6) is 0.956. The van der Waals surface area contributed by atoms with E-state index in [1.165, 1.54) is 6.07 Å². The van der Waals surface area contributed by atoms with Gasteiger partial charge in [0.2, 0.25) is 0 Å². The Morgan fingerprint density at radius 3 is 2.62 bits per heavy atom. The van der Waals surface area contributed by atoms with Gasteiger partial charge in [0.15, 0.2) is 0 Å². The molecule has 0 aliphatic heterocycles. The summed E-state index contributed by atoms with van der Waals surface area (Å²) >= 11 is 3.46. The van der Waals surface area contributed by atoms with Crippen molar-refractivity contribution in [2.24, 2.45) is 11.8 Å². The Morgan fingerprint density at radius 2 is 2.00 bits per heavy atom. The number of halogens is 2. The topological polar surface area (TPSA) is 12.0 Å². The van der Waals surface area contributed by atoms with Gasteiger partial charge in [0, 0.05) is 4.47 Å². The minimum atomic E-state index is -0.160. The third-order valence-electron chi connectivity index (χ3n) is 3.05. The third kappa shape index (κ3) is 3.87. The molecule has 0 amide bonds. The molecule has 90 valence electrons. The monoisotopic (exact) mass is 287 g/mol. The SMILES string of the molecule is CNCC(C)C(C)Cc1cc(F)ccc1Br. The molecule has 0 aliphatic carbocycles. The van der Waals surface area contributed by atoms with E-state index in [2.05, 4.69) is 35.1 Å². The quantitative estimate of drug-likeness (QED) is 0.872. The third-order valence-corrected chi connectivity index (χ3v) is 3.82. The van der Waals surface area contributed by atoms with E-state index in [0.717, 1.165) is 23.0 Å². The highest BCUT2D eigenvalue weighted by Crippen LogP contribution is 2.23. The lowest BCUT2D eigenvalue weighted by atomic mass is 9.89. The van der Waals surface area contributed by atoms with Gasteiger partial charge >= 0.3 is 0 Å². The van der Waals surface area contributed by atoms with Crippen molar-refractivity contribution in [1.29, 1.82) is 0 Å². The number of benzene rings is 1. The van der Waals surface area contributed by atoms with E-state index in [0.29, 0.717) is 11.8 Å². The summed E-state index contributed by atoms with van der Waals surface area (Å²) in [6, 6.07) is 4.88. The van der Waals surface area contributed by atoms with Gasteiger partial charge in [-0.1, -0.05) is 29.8 Å². The van der Waals surface area contributed by atoms with E-state index >= 15 is 0 Å². The summed E-state index contributed by atoms with van der Waals surface area (Å²) in [5, 5.41) is 3.17. The predicted octanol–water partition coefficient (Wildman–Crippen LogP) is 3.62.